The number of carboxylic acid groups (broad SMARTS) is 1. The topological polar surface area (TPSA) is 98.7 Å². The molecule has 1 aliphatic rings. The highest BCUT2D eigenvalue weighted by molar-refractivity contribution is 5.96. The molecule has 1 heterocycles. The van der Waals surface area contributed by atoms with Gasteiger partial charge in [0.15, 0.2) is 0 Å². The lowest BCUT2D eigenvalue weighted by molar-refractivity contribution is -0.188. The Hall–Kier alpha value is -2.05. The zero-order valence-electron chi connectivity index (χ0n) is 12.7. The third-order valence-electron chi connectivity index (χ3n) is 3.70. The minimum atomic E-state index is -4.79. The number of carbonyl (C=O) groups excluding carboxylic acids is 2. The number of nitrogens with zero attached hydrogens (tertiary/aromatic N) is 1. The number of urea groups is 1. The van der Waals surface area contributed by atoms with E-state index in [1.165, 1.54) is 5.32 Å². The Labute approximate surface area is 137 Å². The fraction of sp³-hybridized carbons (Fsp3) is 0.750. The van der Waals surface area contributed by atoms with Crippen LogP contribution in [0.3, 0.4) is 0 Å². The Morgan fingerprint density at radius 2 is 1.72 bits per heavy atom. The van der Waals surface area contributed by atoms with Gasteiger partial charge in [-0.25, -0.2) is 4.79 Å². The molecule has 25 heavy (non-hydrogen) atoms. The Bertz CT molecular complexity index is 536. The number of imide groups is 1. The quantitative estimate of drug-likeness (QED) is 0.632. The van der Waals surface area contributed by atoms with Crippen LogP contribution in [0.15, 0.2) is 0 Å². The number of carbonyl (C=O) groups is 3. The SMILES string of the molecule is CC(C(=O)NC(=O)NCC(F)(F)F)N1C[C@@H](C(F)(F)F)[C@H](C(=O)O)C1. The maximum absolute atomic E-state index is 12.9. The molecule has 3 amide bonds. The molecule has 1 aliphatic heterocycles. The Balaban J connectivity index is 2.67. The van der Waals surface area contributed by atoms with Crippen molar-refractivity contribution in [3.8, 4) is 0 Å². The van der Waals surface area contributed by atoms with Gasteiger partial charge >= 0.3 is 24.4 Å². The van der Waals surface area contributed by atoms with Crippen molar-refractivity contribution in [1.82, 2.24) is 15.5 Å². The largest absolute Gasteiger partial charge is 0.481 e. The van der Waals surface area contributed by atoms with Gasteiger partial charge in [-0.05, 0) is 6.92 Å². The van der Waals surface area contributed by atoms with Crippen LogP contribution in [0.1, 0.15) is 6.92 Å². The van der Waals surface area contributed by atoms with Gasteiger partial charge < -0.3 is 10.4 Å². The average molecular weight is 379 g/mol. The number of alkyl halides is 6. The number of carboxylic acids is 1. The third kappa shape index (κ3) is 6.07. The van der Waals surface area contributed by atoms with Crippen molar-refractivity contribution in [3.05, 3.63) is 0 Å². The first-order chi connectivity index (χ1) is 11.2. The molecule has 0 aromatic carbocycles. The molecule has 0 bridgehead atoms. The lowest BCUT2D eigenvalue weighted by Crippen LogP contribution is -2.50. The molecular weight excluding hydrogens is 364 g/mol. The third-order valence-corrected chi connectivity index (χ3v) is 3.70. The average Bonchev–Trinajstić information content (AvgIpc) is 2.89. The molecule has 1 rings (SSSR count). The van der Waals surface area contributed by atoms with Crippen LogP contribution >= 0.6 is 0 Å². The maximum Gasteiger partial charge on any atom is 0.405 e. The van der Waals surface area contributed by atoms with Crippen LogP contribution in [0.5, 0.6) is 0 Å². The summed E-state index contributed by atoms with van der Waals surface area (Å²) in [5.41, 5.74) is 0. The number of hydrogen-bond acceptors (Lipinski definition) is 4. The summed E-state index contributed by atoms with van der Waals surface area (Å²) in [6.45, 7) is -1.94. The van der Waals surface area contributed by atoms with E-state index >= 15 is 0 Å². The van der Waals surface area contributed by atoms with Gasteiger partial charge in [0.2, 0.25) is 5.91 Å². The highest BCUT2D eigenvalue weighted by atomic mass is 19.4. The van der Waals surface area contributed by atoms with Gasteiger partial charge in [-0.2, -0.15) is 26.3 Å². The summed E-state index contributed by atoms with van der Waals surface area (Å²) >= 11 is 0. The Morgan fingerprint density at radius 1 is 1.16 bits per heavy atom. The molecule has 3 N–H and O–H groups in total. The van der Waals surface area contributed by atoms with Crippen LogP contribution < -0.4 is 10.6 Å². The van der Waals surface area contributed by atoms with Crippen molar-refractivity contribution in [1.29, 1.82) is 0 Å². The van der Waals surface area contributed by atoms with Gasteiger partial charge in [-0.3, -0.25) is 19.8 Å². The van der Waals surface area contributed by atoms with Gasteiger partial charge in [0, 0.05) is 13.1 Å². The smallest absolute Gasteiger partial charge is 0.405 e. The number of aliphatic carboxylic acids is 1. The molecule has 0 radical (unpaired) electrons. The van der Waals surface area contributed by atoms with Crippen molar-refractivity contribution in [2.45, 2.75) is 25.3 Å². The molecule has 13 heteroatoms. The minimum absolute atomic E-state index is 0.585. The lowest BCUT2D eigenvalue weighted by atomic mass is 9.96. The van der Waals surface area contributed by atoms with Crippen LogP contribution in [-0.2, 0) is 9.59 Å². The number of nitrogens with one attached hydrogen (secondary N) is 2. The van der Waals surface area contributed by atoms with Crippen LogP contribution in [0, 0.1) is 11.8 Å². The molecule has 7 nitrogen and oxygen atoms in total. The maximum atomic E-state index is 12.9. The second-order valence-corrected chi connectivity index (χ2v) is 5.51. The van der Waals surface area contributed by atoms with Crippen molar-refractivity contribution in [3.63, 3.8) is 0 Å². The molecule has 3 atom stereocenters. The number of rotatable bonds is 4. The van der Waals surface area contributed by atoms with E-state index in [1.54, 1.807) is 5.32 Å². The second kappa shape index (κ2) is 7.45. The molecule has 0 aromatic rings. The number of hydrogen-bond donors (Lipinski definition) is 3. The van der Waals surface area contributed by atoms with E-state index in [0.717, 1.165) is 11.8 Å². The van der Waals surface area contributed by atoms with E-state index in [-0.39, 0.29) is 0 Å². The summed E-state index contributed by atoms with van der Waals surface area (Å²) in [4.78, 5) is 34.8. The van der Waals surface area contributed by atoms with Gasteiger partial charge in [0.25, 0.3) is 0 Å². The molecular formula is C12H15F6N3O4. The fourth-order valence-corrected chi connectivity index (χ4v) is 2.34. The molecule has 0 saturated carbocycles. The normalized spacial score (nSPS) is 23.2. The molecule has 0 aromatic heterocycles. The predicted octanol–water partition coefficient (Wildman–Crippen LogP) is 0.958. The van der Waals surface area contributed by atoms with Crippen LogP contribution in [0.2, 0.25) is 0 Å². The lowest BCUT2D eigenvalue weighted by Gasteiger charge is -2.23. The standard InChI is InChI=1S/C12H15F6N3O4/c1-5(8(22)20-10(25)19-4-11(13,14)15)21-2-6(9(23)24)7(3-21)12(16,17)18/h5-7H,2-4H2,1H3,(H,23,24)(H2,19,20,22,25)/t5?,6-,7-/m1/s1. The fourth-order valence-electron chi connectivity index (χ4n) is 2.34. The summed E-state index contributed by atoms with van der Waals surface area (Å²) in [5.74, 6) is -6.80. The summed E-state index contributed by atoms with van der Waals surface area (Å²) in [7, 11) is 0. The number of halogens is 6. The van der Waals surface area contributed by atoms with Gasteiger partial charge in [-0.1, -0.05) is 0 Å². The van der Waals surface area contributed by atoms with Crippen molar-refractivity contribution >= 4 is 17.9 Å². The van der Waals surface area contributed by atoms with E-state index in [2.05, 4.69) is 0 Å². The highest BCUT2D eigenvalue weighted by Gasteiger charge is 2.53. The molecule has 144 valence electrons. The van der Waals surface area contributed by atoms with E-state index in [1.807, 2.05) is 0 Å². The van der Waals surface area contributed by atoms with Crippen molar-refractivity contribution in [2.75, 3.05) is 19.6 Å². The van der Waals surface area contributed by atoms with Crippen LogP contribution in [0.4, 0.5) is 31.1 Å². The van der Waals surface area contributed by atoms with E-state index in [0.29, 0.717) is 0 Å². The minimum Gasteiger partial charge on any atom is -0.481 e. The summed E-state index contributed by atoms with van der Waals surface area (Å²) in [5, 5.41) is 11.8. The second-order valence-electron chi connectivity index (χ2n) is 5.51. The van der Waals surface area contributed by atoms with Gasteiger partial charge in [0.05, 0.1) is 17.9 Å². The summed E-state index contributed by atoms with van der Waals surface area (Å²) in [6.07, 6.45) is -9.49. The Kier molecular flexibility index (Phi) is 6.26. The first-order valence-electron chi connectivity index (χ1n) is 6.91. The van der Waals surface area contributed by atoms with Gasteiger partial charge in [0.1, 0.15) is 6.54 Å². The van der Waals surface area contributed by atoms with Crippen LogP contribution in [0.25, 0.3) is 0 Å². The molecule has 1 saturated heterocycles. The zero-order valence-corrected chi connectivity index (χ0v) is 12.7. The highest BCUT2D eigenvalue weighted by Crippen LogP contribution is 2.38. The zero-order chi connectivity index (χ0) is 19.6. The van der Waals surface area contributed by atoms with E-state index in [4.69, 9.17) is 5.11 Å². The predicted molar refractivity (Wildman–Crippen MR) is 69.3 cm³/mol. The molecule has 1 fully saturated rings. The van der Waals surface area contributed by atoms with E-state index in [9.17, 15) is 40.7 Å². The van der Waals surface area contributed by atoms with Gasteiger partial charge in [-0.15, -0.1) is 0 Å². The first kappa shape index (κ1) is 21.0. The summed E-state index contributed by atoms with van der Waals surface area (Å²) < 4.78 is 74.4. The van der Waals surface area contributed by atoms with Crippen LogP contribution in [-0.4, -0.2) is 65.9 Å². The number of likely N-dealkylation sites (tertiary alicyclic amines) is 1. The Morgan fingerprint density at radius 3 is 2.12 bits per heavy atom. The van der Waals surface area contributed by atoms with E-state index < -0.39 is 67.8 Å². The molecule has 1 unspecified atom stereocenters. The molecule has 0 spiro atoms. The van der Waals surface area contributed by atoms with Crippen molar-refractivity contribution in [2.24, 2.45) is 11.8 Å². The molecule has 0 aliphatic carbocycles. The first-order valence-corrected chi connectivity index (χ1v) is 6.91. The summed E-state index contributed by atoms with van der Waals surface area (Å²) in [6, 6.07) is -2.80. The number of amides is 3. The van der Waals surface area contributed by atoms with Crippen molar-refractivity contribution < 1.29 is 45.8 Å². The monoisotopic (exact) mass is 379 g/mol.